The molecular formula is C69H95N11O8. The Labute approximate surface area is 520 Å². The molecule has 88 heavy (non-hydrogen) atoms. The minimum Gasteiger partial charge on any atom is -0.356 e. The zero-order chi connectivity index (χ0) is 62.4. The van der Waals surface area contributed by atoms with E-state index < -0.39 is 60.2 Å². The zero-order valence-electron chi connectivity index (χ0n) is 52.0. The van der Waals surface area contributed by atoms with Crippen molar-refractivity contribution in [2.75, 3.05) is 33.7 Å². The Morgan fingerprint density at radius 1 is 0.500 bits per heavy atom. The average molecular weight is 1210 g/mol. The van der Waals surface area contributed by atoms with Crippen LogP contribution < -0.4 is 47.9 Å². The van der Waals surface area contributed by atoms with Crippen LogP contribution in [-0.2, 0) is 44.9 Å². The van der Waals surface area contributed by atoms with Gasteiger partial charge in [0.15, 0.2) is 0 Å². The molecule has 0 aromatic heterocycles. The van der Waals surface area contributed by atoms with Crippen molar-refractivity contribution >= 4 is 47.3 Å². The predicted molar refractivity (Wildman–Crippen MR) is 340 cm³/mol. The summed E-state index contributed by atoms with van der Waals surface area (Å²) in [4.78, 5) is 117. The van der Waals surface area contributed by atoms with Crippen LogP contribution in [0, 0.1) is 11.8 Å². The Morgan fingerprint density at radius 2 is 0.966 bits per heavy atom. The van der Waals surface area contributed by atoms with Crippen LogP contribution in [0.1, 0.15) is 157 Å². The van der Waals surface area contributed by atoms with Crippen molar-refractivity contribution in [3.8, 4) is 0 Å². The van der Waals surface area contributed by atoms with Gasteiger partial charge in [-0.05, 0) is 132 Å². The summed E-state index contributed by atoms with van der Waals surface area (Å²) >= 11 is 0. The standard InChI is InChI=1S/C69H95N11O8/c1-5-54(70-3)63(82)77-61-50(41-43-72-44-46-24-14-10-15-25-46)33-35-52-37-40-57(79(52)68(61)87)66(85)76-60(49-30-20-13-21-31-49)67(86)73-42-23-9-7-8-22-32-58(81)74-45-51-34-36-53-38-39-56(80(53)69(88)62(51)78-64(83)55(6-2)71-4)65(84)75-59(47-26-16-11-17-27-47)48-28-18-12-19-29-48/h10-21,24-31,50-57,59-62,70-72H,5-9,22-23,32-45H2,1-4H3,(H,73,86)(H,74,81)(H,75,84)(H,76,85)(H,77,82)(H,78,83)/t50?,51?,52?,53?,54-,55-,56?,57-,60?,61?,62-/m0/s1. The smallest absolute Gasteiger partial charge is 0.247 e. The number of fused-ring (bicyclic) bond motifs is 2. The van der Waals surface area contributed by atoms with Crippen molar-refractivity contribution < 1.29 is 38.4 Å². The molecule has 11 atom stereocenters. The highest BCUT2D eigenvalue weighted by atomic mass is 16.2. The minimum absolute atomic E-state index is 0.142. The van der Waals surface area contributed by atoms with Gasteiger partial charge in [-0.1, -0.05) is 154 Å². The highest BCUT2D eigenvalue weighted by molar-refractivity contribution is 5.97. The summed E-state index contributed by atoms with van der Waals surface area (Å²) in [6.07, 6.45) is 10.6. The molecule has 19 nitrogen and oxygen atoms in total. The quantitative estimate of drug-likeness (QED) is 0.0264. The van der Waals surface area contributed by atoms with E-state index in [1.54, 1.807) is 36.0 Å². The van der Waals surface area contributed by atoms with Crippen molar-refractivity contribution in [1.82, 2.24) is 57.7 Å². The molecule has 8 rings (SSSR count). The third-order valence-electron chi connectivity index (χ3n) is 18.6. The van der Waals surface area contributed by atoms with E-state index in [9.17, 15) is 38.4 Å². The molecule has 4 aromatic rings. The summed E-state index contributed by atoms with van der Waals surface area (Å²) in [6.45, 7) is 5.72. The van der Waals surface area contributed by atoms with E-state index in [4.69, 9.17) is 0 Å². The number of carbonyl (C=O) groups is 8. The molecule has 4 aliphatic heterocycles. The van der Waals surface area contributed by atoms with Gasteiger partial charge in [0.1, 0.15) is 30.2 Å². The lowest BCUT2D eigenvalue weighted by Crippen LogP contribution is -2.59. The summed E-state index contributed by atoms with van der Waals surface area (Å²) in [7, 11) is 3.44. The van der Waals surface area contributed by atoms with Crippen LogP contribution in [0.25, 0.3) is 0 Å². The Balaban J connectivity index is 0.806. The highest BCUT2D eigenvalue weighted by Gasteiger charge is 2.50. The molecule has 474 valence electrons. The first-order valence-electron chi connectivity index (χ1n) is 32.5. The largest absolute Gasteiger partial charge is 0.356 e. The lowest BCUT2D eigenvalue weighted by atomic mass is 9.90. The van der Waals surface area contributed by atoms with Gasteiger partial charge in [0.05, 0.1) is 18.1 Å². The van der Waals surface area contributed by atoms with Gasteiger partial charge in [0, 0.05) is 44.1 Å². The van der Waals surface area contributed by atoms with Crippen molar-refractivity contribution in [3.05, 3.63) is 144 Å². The topological polar surface area (TPSA) is 251 Å². The van der Waals surface area contributed by atoms with Crippen LogP contribution in [0.2, 0.25) is 0 Å². The van der Waals surface area contributed by atoms with Gasteiger partial charge in [0.25, 0.3) is 0 Å². The average Bonchev–Trinajstić information content (AvgIpc) is 2.01. The summed E-state index contributed by atoms with van der Waals surface area (Å²) in [6, 6.07) is 32.7. The molecule has 9 N–H and O–H groups in total. The summed E-state index contributed by atoms with van der Waals surface area (Å²) < 4.78 is 0. The molecular weight excluding hydrogens is 1110 g/mol. The predicted octanol–water partition coefficient (Wildman–Crippen LogP) is 6.01. The second kappa shape index (κ2) is 33.8. The Hall–Kier alpha value is -7.48. The SMILES string of the molecule is CC[C@H](NC)C(=O)NC1C(=O)N2C(CCC1CCNCc1ccccc1)CC[C@H]2C(=O)NC(C(=O)NCCCCCCCC(=O)NCC1CCC2CCC(C(=O)NC(c3ccccc3)c3ccccc3)N2C(=O)[C@H]1NC(=O)[C@H](CC)NC)c1ccccc1. The molecule has 4 saturated heterocycles. The zero-order valence-corrected chi connectivity index (χ0v) is 52.0. The van der Waals surface area contributed by atoms with Crippen molar-refractivity contribution in [2.24, 2.45) is 11.8 Å². The van der Waals surface area contributed by atoms with Gasteiger partial charge in [-0.25, -0.2) is 0 Å². The van der Waals surface area contributed by atoms with E-state index in [1.165, 1.54) is 0 Å². The first-order valence-corrected chi connectivity index (χ1v) is 32.5. The Bertz CT molecular complexity index is 2860. The van der Waals surface area contributed by atoms with Crippen molar-refractivity contribution in [2.45, 2.75) is 190 Å². The van der Waals surface area contributed by atoms with Crippen molar-refractivity contribution in [3.63, 3.8) is 0 Å². The molecule has 0 saturated carbocycles. The maximum absolute atomic E-state index is 14.8. The summed E-state index contributed by atoms with van der Waals surface area (Å²) in [5.41, 5.74) is 3.62. The van der Waals surface area contributed by atoms with E-state index in [0.29, 0.717) is 109 Å². The second-order valence-electron chi connectivity index (χ2n) is 24.3. The van der Waals surface area contributed by atoms with Gasteiger partial charge < -0.3 is 57.7 Å². The molecule has 4 aliphatic rings. The normalized spacial score (nSPS) is 22.7. The van der Waals surface area contributed by atoms with Crippen molar-refractivity contribution in [1.29, 1.82) is 0 Å². The molecule has 0 bridgehead atoms. The molecule has 0 radical (unpaired) electrons. The van der Waals surface area contributed by atoms with E-state index >= 15 is 0 Å². The third-order valence-corrected chi connectivity index (χ3v) is 18.6. The molecule has 4 heterocycles. The van der Waals surface area contributed by atoms with Gasteiger partial charge in [-0.15, -0.1) is 0 Å². The number of hydrogen-bond acceptors (Lipinski definition) is 11. The maximum atomic E-state index is 14.8. The van der Waals surface area contributed by atoms with Gasteiger partial charge >= 0.3 is 0 Å². The van der Waals surface area contributed by atoms with Crippen LogP contribution >= 0.6 is 0 Å². The third kappa shape index (κ3) is 17.6. The van der Waals surface area contributed by atoms with Gasteiger partial charge in [0.2, 0.25) is 47.3 Å². The fourth-order valence-electron chi connectivity index (χ4n) is 13.6. The number of amides is 8. The summed E-state index contributed by atoms with van der Waals surface area (Å²) in [5.74, 6) is -2.81. The first kappa shape index (κ1) is 66.5. The van der Waals surface area contributed by atoms with Gasteiger partial charge in [-0.2, -0.15) is 0 Å². The first-order chi connectivity index (χ1) is 42.8. The van der Waals surface area contributed by atoms with E-state index in [-0.39, 0.29) is 72.3 Å². The number of nitrogens with one attached hydrogen (secondary N) is 9. The number of nitrogens with zero attached hydrogens (tertiary/aromatic N) is 2. The fourth-order valence-corrected chi connectivity index (χ4v) is 13.6. The highest BCUT2D eigenvalue weighted by Crippen LogP contribution is 2.37. The number of likely N-dealkylation sites (N-methyl/N-ethyl adjacent to an activating group) is 2. The maximum Gasteiger partial charge on any atom is 0.247 e. The molecule has 7 unspecified atom stereocenters. The van der Waals surface area contributed by atoms with Crippen LogP contribution in [0.4, 0.5) is 0 Å². The monoisotopic (exact) mass is 1210 g/mol. The number of rotatable bonds is 31. The molecule has 4 fully saturated rings. The second-order valence-corrected chi connectivity index (χ2v) is 24.3. The molecule has 8 amide bonds. The van der Waals surface area contributed by atoms with Crippen LogP contribution in [-0.4, -0.2) is 139 Å². The number of unbranched alkanes of at least 4 members (excludes halogenated alkanes) is 4. The molecule has 19 heteroatoms. The molecule has 0 aliphatic carbocycles. The van der Waals surface area contributed by atoms with Crippen LogP contribution in [0.15, 0.2) is 121 Å². The summed E-state index contributed by atoms with van der Waals surface area (Å²) in [5, 5.41) is 28.2. The number of hydrogen-bond donors (Lipinski definition) is 9. The number of benzene rings is 4. The van der Waals surface area contributed by atoms with E-state index in [2.05, 4.69) is 60.0 Å². The van der Waals surface area contributed by atoms with Crippen LogP contribution in [0.3, 0.4) is 0 Å². The molecule has 4 aromatic carbocycles. The lowest BCUT2D eigenvalue weighted by Gasteiger charge is -2.33. The lowest BCUT2D eigenvalue weighted by molar-refractivity contribution is -0.144. The Morgan fingerprint density at radius 3 is 1.50 bits per heavy atom. The van der Waals surface area contributed by atoms with E-state index in [0.717, 1.165) is 36.0 Å². The van der Waals surface area contributed by atoms with Gasteiger partial charge in [-0.3, -0.25) is 38.4 Å². The Kier molecular flexibility index (Phi) is 25.5. The molecule has 0 spiro atoms. The fraction of sp³-hybridized carbons (Fsp3) is 0.536. The van der Waals surface area contributed by atoms with Crippen LogP contribution in [0.5, 0.6) is 0 Å². The number of carbonyl (C=O) groups excluding carboxylic acids is 8. The van der Waals surface area contributed by atoms with E-state index in [1.807, 2.05) is 111 Å². The minimum atomic E-state index is -1.00.